The van der Waals surface area contributed by atoms with Crippen LogP contribution in [0.25, 0.3) is 66.3 Å². The number of nitrogens with zero attached hydrogens (tertiary/aromatic N) is 4. The van der Waals surface area contributed by atoms with Gasteiger partial charge in [0.15, 0.2) is 0 Å². The molecule has 0 fully saturated rings. The lowest BCUT2D eigenvalue weighted by atomic mass is 9.87. The molecule has 3 aromatic heterocycles. The maximum atomic E-state index is 4.74. The van der Waals surface area contributed by atoms with Gasteiger partial charge in [-0.3, -0.25) is 9.97 Å². The smallest absolute Gasteiger partial charge is 0.115 e. The fraction of sp³-hybridized carbons (Fsp3) is 0.0556. The van der Waals surface area contributed by atoms with Crippen molar-refractivity contribution in [2.45, 2.75) is 13.8 Å². The highest BCUT2D eigenvalue weighted by Gasteiger charge is 2.15. The van der Waals surface area contributed by atoms with Crippen molar-refractivity contribution in [3.05, 3.63) is 133 Å². The minimum atomic E-state index is 0.971. The third-order valence-corrected chi connectivity index (χ3v) is 7.61. The SMILES string of the molecule is Cc1cc(C)c(-c2cc3ncccc3c3ccc(-c4cncnc4)cc23)cc1-c1cccc(-c2ccccn2)c1. The largest absolute Gasteiger partial charge is 0.256 e. The average molecular weight is 515 g/mol. The Kier molecular flexibility index (Phi) is 5.86. The highest BCUT2D eigenvalue weighted by molar-refractivity contribution is 6.14. The lowest BCUT2D eigenvalue weighted by Crippen LogP contribution is -1.93. The Morgan fingerprint density at radius 2 is 1.30 bits per heavy atom. The molecule has 0 bridgehead atoms. The number of hydrogen-bond acceptors (Lipinski definition) is 4. The third-order valence-electron chi connectivity index (χ3n) is 7.61. The van der Waals surface area contributed by atoms with Crippen molar-refractivity contribution in [1.82, 2.24) is 19.9 Å². The molecule has 0 aliphatic carbocycles. The predicted molar refractivity (Wildman–Crippen MR) is 164 cm³/mol. The Bertz CT molecular complexity index is 2020. The van der Waals surface area contributed by atoms with E-state index in [2.05, 4.69) is 102 Å². The molecule has 0 radical (unpaired) electrons. The summed E-state index contributed by atoms with van der Waals surface area (Å²) >= 11 is 0. The normalized spacial score (nSPS) is 11.2. The van der Waals surface area contributed by atoms with E-state index in [4.69, 9.17) is 4.98 Å². The molecule has 0 atom stereocenters. The second-order valence-electron chi connectivity index (χ2n) is 10.2. The molecule has 190 valence electrons. The molecular weight excluding hydrogens is 488 g/mol. The number of benzene rings is 4. The van der Waals surface area contributed by atoms with Gasteiger partial charge in [0.2, 0.25) is 0 Å². The molecule has 4 aromatic carbocycles. The van der Waals surface area contributed by atoms with E-state index >= 15 is 0 Å². The first-order chi connectivity index (χ1) is 19.7. The first-order valence-corrected chi connectivity index (χ1v) is 13.4. The minimum absolute atomic E-state index is 0.971. The summed E-state index contributed by atoms with van der Waals surface area (Å²) in [6, 6.07) is 32.3. The van der Waals surface area contributed by atoms with Crippen molar-refractivity contribution >= 4 is 21.7 Å². The van der Waals surface area contributed by atoms with Gasteiger partial charge < -0.3 is 0 Å². The summed E-state index contributed by atoms with van der Waals surface area (Å²) in [5.74, 6) is 0. The molecular formula is C36H26N4. The highest BCUT2D eigenvalue weighted by atomic mass is 14.8. The Labute approximate surface area is 233 Å². The molecule has 40 heavy (non-hydrogen) atoms. The third kappa shape index (κ3) is 4.20. The summed E-state index contributed by atoms with van der Waals surface area (Å²) in [7, 11) is 0. The highest BCUT2D eigenvalue weighted by Crippen LogP contribution is 2.40. The molecule has 4 nitrogen and oxygen atoms in total. The maximum Gasteiger partial charge on any atom is 0.115 e. The zero-order valence-electron chi connectivity index (χ0n) is 22.3. The van der Waals surface area contributed by atoms with Crippen LogP contribution in [0.2, 0.25) is 0 Å². The van der Waals surface area contributed by atoms with Crippen LogP contribution < -0.4 is 0 Å². The zero-order valence-corrected chi connectivity index (χ0v) is 22.3. The topological polar surface area (TPSA) is 51.6 Å². The van der Waals surface area contributed by atoms with E-state index in [1.807, 2.05) is 43.0 Å². The Morgan fingerprint density at radius 3 is 2.15 bits per heavy atom. The Hall–Kier alpha value is -5.22. The van der Waals surface area contributed by atoms with Crippen LogP contribution in [-0.2, 0) is 0 Å². The van der Waals surface area contributed by atoms with E-state index < -0.39 is 0 Å². The van der Waals surface area contributed by atoms with E-state index in [0.717, 1.165) is 33.3 Å². The number of aromatic nitrogens is 4. The summed E-state index contributed by atoms with van der Waals surface area (Å²) in [4.78, 5) is 17.8. The standard InChI is InChI=1S/C36H26N4/c1-23-15-24(2)32(18-31(23)26-7-5-8-27(16-26)35-10-3-4-13-39-35)34-19-36-30(9-6-14-40-36)29-12-11-25(17-33(29)34)28-20-37-22-38-21-28/h3-22H,1-2H3. The van der Waals surface area contributed by atoms with Crippen LogP contribution in [0.1, 0.15) is 11.1 Å². The average Bonchev–Trinajstić information content (AvgIpc) is 3.01. The van der Waals surface area contributed by atoms with E-state index in [0.29, 0.717) is 0 Å². The lowest BCUT2D eigenvalue weighted by molar-refractivity contribution is 1.17. The van der Waals surface area contributed by atoms with Crippen molar-refractivity contribution in [2.24, 2.45) is 0 Å². The summed E-state index contributed by atoms with van der Waals surface area (Å²) in [6.07, 6.45) is 8.99. The Morgan fingerprint density at radius 1 is 0.475 bits per heavy atom. The van der Waals surface area contributed by atoms with Crippen LogP contribution in [0.15, 0.2) is 122 Å². The van der Waals surface area contributed by atoms with Gasteiger partial charge >= 0.3 is 0 Å². The van der Waals surface area contributed by atoms with Crippen molar-refractivity contribution < 1.29 is 0 Å². The molecule has 0 spiro atoms. The van der Waals surface area contributed by atoms with Crippen LogP contribution in [0.5, 0.6) is 0 Å². The van der Waals surface area contributed by atoms with Crippen molar-refractivity contribution in [2.75, 3.05) is 0 Å². The number of hydrogen-bond donors (Lipinski definition) is 0. The van der Waals surface area contributed by atoms with Gasteiger partial charge in [-0.15, -0.1) is 0 Å². The quantitative estimate of drug-likeness (QED) is 0.220. The van der Waals surface area contributed by atoms with Gasteiger partial charge in [0.1, 0.15) is 6.33 Å². The van der Waals surface area contributed by atoms with E-state index in [1.54, 1.807) is 6.33 Å². The predicted octanol–water partition coefficient (Wildman–Crippen LogP) is 8.86. The van der Waals surface area contributed by atoms with Gasteiger partial charge in [0, 0.05) is 41.3 Å². The van der Waals surface area contributed by atoms with E-state index in [9.17, 15) is 0 Å². The van der Waals surface area contributed by atoms with Crippen LogP contribution in [0, 0.1) is 13.8 Å². The molecule has 3 heterocycles. The minimum Gasteiger partial charge on any atom is -0.256 e. The van der Waals surface area contributed by atoms with Crippen LogP contribution in [-0.4, -0.2) is 19.9 Å². The summed E-state index contributed by atoms with van der Waals surface area (Å²) in [5, 5.41) is 3.51. The molecule has 0 saturated carbocycles. The fourth-order valence-corrected chi connectivity index (χ4v) is 5.66. The molecule has 0 saturated heterocycles. The fourth-order valence-electron chi connectivity index (χ4n) is 5.66. The first-order valence-electron chi connectivity index (χ1n) is 13.4. The van der Waals surface area contributed by atoms with Gasteiger partial charge in [0.25, 0.3) is 0 Å². The molecule has 0 amide bonds. The number of fused-ring (bicyclic) bond motifs is 3. The van der Waals surface area contributed by atoms with Crippen LogP contribution in [0.3, 0.4) is 0 Å². The van der Waals surface area contributed by atoms with E-state index in [-0.39, 0.29) is 0 Å². The molecule has 0 aliphatic heterocycles. The van der Waals surface area contributed by atoms with Gasteiger partial charge in [-0.2, -0.15) is 0 Å². The molecule has 7 rings (SSSR count). The molecule has 7 aromatic rings. The second kappa shape index (κ2) is 9.83. The van der Waals surface area contributed by atoms with Gasteiger partial charge in [-0.1, -0.05) is 48.5 Å². The molecule has 0 aliphatic rings. The van der Waals surface area contributed by atoms with Crippen molar-refractivity contribution in [3.63, 3.8) is 0 Å². The summed E-state index contributed by atoms with van der Waals surface area (Å²) < 4.78 is 0. The van der Waals surface area contributed by atoms with Crippen LogP contribution in [0.4, 0.5) is 0 Å². The summed E-state index contributed by atoms with van der Waals surface area (Å²) in [6.45, 7) is 4.38. The van der Waals surface area contributed by atoms with E-state index in [1.165, 1.54) is 44.2 Å². The monoisotopic (exact) mass is 514 g/mol. The van der Waals surface area contributed by atoms with Gasteiger partial charge in [-0.05, 0) is 106 Å². The zero-order chi connectivity index (χ0) is 27.1. The maximum absolute atomic E-state index is 4.74. The number of aryl methyl sites for hydroxylation is 2. The summed E-state index contributed by atoms with van der Waals surface area (Å²) in [5.41, 5.74) is 12.4. The van der Waals surface area contributed by atoms with Gasteiger partial charge in [0.05, 0.1) is 11.2 Å². The van der Waals surface area contributed by atoms with Crippen molar-refractivity contribution in [3.8, 4) is 44.6 Å². The number of rotatable bonds is 4. The second-order valence-corrected chi connectivity index (χ2v) is 10.2. The first kappa shape index (κ1) is 23.9. The van der Waals surface area contributed by atoms with Crippen LogP contribution >= 0.6 is 0 Å². The van der Waals surface area contributed by atoms with Gasteiger partial charge in [-0.25, -0.2) is 9.97 Å². The molecule has 0 N–H and O–H groups in total. The number of pyridine rings is 2. The Balaban J connectivity index is 1.46. The molecule has 4 heteroatoms. The lowest BCUT2D eigenvalue weighted by Gasteiger charge is -2.17. The molecule has 0 unspecified atom stereocenters. The van der Waals surface area contributed by atoms with Crippen molar-refractivity contribution in [1.29, 1.82) is 0 Å².